The lowest BCUT2D eigenvalue weighted by molar-refractivity contribution is 0.00468. The van der Waals surface area contributed by atoms with Gasteiger partial charge < -0.3 is 9.74 Å². The molecule has 3 rings (SSSR count). The zero-order valence-corrected chi connectivity index (χ0v) is 19.1. The van der Waals surface area contributed by atoms with Gasteiger partial charge in [0, 0.05) is 23.4 Å². The summed E-state index contributed by atoms with van der Waals surface area (Å²) < 4.78 is 0. The molecule has 3 amide bonds. The topological polar surface area (TPSA) is 73.9 Å². The number of hydrogen-bond acceptors (Lipinski definition) is 4. The quantitative estimate of drug-likeness (QED) is 0.555. The highest BCUT2D eigenvalue weighted by molar-refractivity contribution is 6.42. The van der Waals surface area contributed by atoms with E-state index in [1.54, 1.807) is 55.3 Å². The van der Waals surface area contributed by atoms with Crippen molar-refractivity contribution in [3.63, 3.8) is 0 Å². The Labute approximate surface area is 189 Å². The molecule has 0 saturated carbocycles. The second kappa shape index (κ2) is 8.15. The molecule has 1 aliphatic heterocycles. The number of hydroxylamine groups is 1. The molecule has 7 nitrogen and oxygen atoms in total. The summed E-state index contributed by atoms with van der Waals surface area (Å²) in [6, 6.07) is 11.3. The summed E-state index contributed by atoms with van der Waals surface area (Å²) in [5, 5.41) is 3.70. The van der Waals surface area contributed by atoms with Crippen LogP contribution < -0.4 is 15.7 Å². The molecule has 1 atom stereocenters. The lowest BCUT2D eigenvalue weighted by Gasteiger charge is -2.42. The van der Waals surface area contributed by atoms with Gasteiger partial charge in [-0.05, 0) is 57.2 Å². The van der Waals surface area contributed by atoms with E-state index in [0.29, 0.717) is 26.4 Å². The molecule has 1 aliphatic rings. The van der Waals surface area contributed by atoms with E-state index in [4.69, 9.17) is 39.6 Å². The first-order valence-electron chi connectivity index (χ1n) is 9.01. The first-order chi connectivity index (χ1) is 14.0. The number of likely N-dealkylation sites (N-methyl/N-ethyl adjacent to an activating group) is 1. The van der Waals surface area contributed by atoms with Crippen LogP contribution in [0.3, 0.4) is 0 Å². The van der Waals surface area contributed by atoms with E-state index >= 15 is 0 Å². The Morgan fingerprint density at radius 1 is 1.03 bits per heavy atom. The Hall–Kier alpha value is -2.19. The minimum Gasteiger partial charge on any atom is -0.351 e. The molecule has 0 spiro atoms. The molecule has 160 valence electrons. The van der Waals surface area contributed by atoms with Crippen LogP contribution in [-0.2, 0) is 4.84 Å². The lowest BCUT2D eigenvalue weighted by Crippen LogP contribution is -2.65. The predicted molar refractivity (Wildman–Crippen MR) is 119 cm³/mol. The van der Waals surface area contributed by atoms with Crippen LogP contribution in [0, 0.1) is 0 Å². The number of urea groups is 1. The van der Waals surface area contributed by atoms with Crippen molar-refractivity contribution in [2.24, 2.45) is 0 Å². The molecule has 2 aromatic rings. The van der Waals surface area contributed by atoms with Gasteiger partial charge in [-0.2, -0.15) is 0 Å². The summed E-state index contributed by atoms with van der Waals surface area (Å²) in [4.78, 5) is 33.8. The normalized spacial score (nSPS) is 20.4. The number of rotatable bonds is 4. The first-order valence-corrected chi connectivity index (χ1v) is 10.1. The van der Waals surface area contributed by atoms with Crippen LogP contribution in [0.15, 0.2) is 42.5 Å². The van der Waals surface area contributed by atoms with E-state index in [0.717, 1.165) is 0 Å². The van der Waals surface area contributed by atoms with Crippen molar-refractivity contribution >= 4 is 58.3 Å². The van der Waals surface area contributed by atoms with Crippen molar-refractivity contribution < 1.29 is 14.4 Å². The van der Waals surface area contributed by atoms with Crippen LogP contribution in [0.25, 0.3) is 0 Å². The first kappa shape index (κ1) is 22.5. The van der Waals surface area contributed by atoms with Crippen LogP contribution in [0.2, 0.25) is 15.1 Å². The average molecular weight is 472 g/mol. The lowest BCUT2D eigenvalue weighted by atomic mass is 9.89. The molecule has 10 heteroatoms. The van der Waals surface area contributed by atoms with Gasteiger partial charge in [0.1, 0.15) is 0 Å². The fraction of sp³-hybridized carbons (Fsp3) is 0.300. The van der Waals surface area contributed by atoms with E-state index in [1.807, 2.05) is 13.8 Å². The number of nitrogens with one attached hydrogen (secondary N) is 2. The van der Waals surface area contributed by atoms with Crippen LogP contribution in [-0.4, -0.2) is 35.3 Å². The highest BCUT2D eigenvalue weighted by atomic mass is 35.5. The fourth-order valence-electron chi connectivity index (χ4n) is 3.20. The van der Waals surface area contributed by atoms with Gasteiger partial charge in [0.2, 0.25) is 0 Å². The number of amides is 3. The summed E-state index contributed by atoms with van der Waals surface area (Å²) in [5.41, 5.74) is 1.88. The van der Waals surface area contributed by atoms with Gasteiger partial charge in [0.05, 0.1) is 15.6 Å². The van der Waals surface area contributed by atoms with Crippen molar-refractivity contribution in [2.45, 2.75) is 32.0 Å². The average Bonchev–Trinajstić information content (AvgIpc) is 2.81. The number of hydrogen-bond donors (Lipinski definition) is 2. The number of carbonyl (C=O) groups excluding carboxylic acids is 2. The molecule has 0 aliphatic carbocycles. The molecule has 2 aromatic carbocycles. The third-order valence-corrected chi connectivity index (χ3v) is 6.50. The summed E-state index contributed by atoms with van der Waals surface area (Å²) in [6.45, 7) is 5.49. The molecule has 0 aromatic heterocycles. The van der Waals surface area contributed by atoms with Crippen molar-refractivity contribution in [2.75, 3.05) is 17.3 Å². The van der Waals surface area contributed by atoms with Crippen LogP contribution in [0.1, 0.15) is 20.8 Å². The summed E-state index contributed by atoms with van der Waals surface area (Å²) in [7, 11) is 1.68. The van der Waals surface area contributed by atoms with Crippen molar-refractivity contribution in [1.29, 1.82) is 0 Å². The van der Waals surface area contributed by atoms with Gasteiger partial charge in [0.25, 0.3) is 0 Å². The fourth-order valence-corrected chi connectivity index (χ4v) is 3.68. The van der Waals surface area contributed by atoms with Crippen molar-refractivity contribution in [3.8, 4) is 0 Å². The van der Waals surface area contributed by atoms with Crippen LogP contribution in [0.5, 0.6) is 0 Å². The number of benzene rings is 2. The molecular formula is C20H21Cl3N4O3. The standard InChI is InChI=1S/C20H21Cl3N4O3/c1-19(2)20(3,25-30-17(28)24-13-8-9-15(22)16(23)11-13)27(18(29)26(19)4)14-7-5-6-12(21)10-14/h5-11,25H,1-4H3,(H,24,28). The van der Waals surface area contributed by atoms with Crippen molar-refractivity contribution in [1.82, 2.24) is 10.4 Å². The number of anilines is 2. The highest BCUT2D eigenvalue weighted by Gasteiger charge is 2.60. The molecule has 1 saturated heterocycles. The zero-order chi connectivity index (χ0) is 22.3. The SMILES string of the molecule is CN1C(=O)N(c2cccc(Cl)c2)C(C)(NOC(=O)Nc2ccc(Cl)c(Cl)c2)C1(C)C. The maximum Gasteiger partial charge on any atom is 0.430 e. The van der Waals surface area contributed by atoms with Gasteiger partial charge >= 0.3 is 12.1 Å². The number of nitrogens with zero attached hydrogens (tertiary/aromatic N) is 2. The Morgan fingerprint density at radius 2 is 1.73 bits per heavy atom. The van der Waals surface area contributed by atoms with E-state index < -0.39 is 17.3 Å². The molecule has 0 bridgehead atoms. The summed E-state index contributed by atoms with van der Waals surface area (Å²) in [5.74, 6) is 0. The predicted octanol–water partition coefficient (Wildman–Crippen LogP) is 5.77. The Balaban J connectivity index is 1.84. The second-order valence-corrected chi connectivity index (χ2v) is 8.78. The van der Waals surface area contributed by atoms with Gasteiger partial charge in [-0.15, -0.1) is 5.48 Å². The van der Waals surface area contributed by atoms with Gasteiger partial charge in [0.15, 0.2) is 5.66 Å². The summed E-state index contributed by atoms with van der Waals surface area (Å²) >= 11 is 18.0. The van der Waals surface area contributed by atoms with Crippen LogP contribution in [0.4, 0.5) is 21.0 Å². The van der Waals surface area contributed by atoms with E-state index in [9.17, 15) is 9.59 Å². The van der Waals surface area contributed by atoms with E-state index in [2.05, 4.69) is 10.8 Å². The largest absolute Gasteiger partial charge is 0.430 e. The monoisotopic (exact) mass is 470 g/mol. The molecule has 0 radical (unpaired) electrons. The highest BCUT2D eigenvalue weighted by Crippen LogP contribution is 2.42. The van der Waals surface area contributed by atoms with Crippen molar-refractivity contribution in [3.05, 3.63) is 57.5 Å². The van der Waals surface area contributed by atoms with Crippen LogP contribution >= 0.6 is 34.8 Å². The molecular weight excluding hydrogens is 451 g/mol. The Bertz CT molecular complexity index is 1000. The Morgan fingerprint density at radius 3 is 2.37 bits per heavy atom. The third kappa shape index (κ3) is 3.90. The minimum absolute atomic E-state index is 0.272. The second-order valence-electron chi connectivity index (χ2n) is 7.53. The maximum atomic E-state index is 13.0. The zero-order valence-electron chi connectivity index (χ0n) is 16.8. The molecule has 30 heavy (non-hydrogen) atoms. The maximum absolute atomic E-state index is 13.0. The Kier molecular flexibility index (Phi) is 6.11. The number of carbonyl (C=O) groups is 2. The van der Waals surface area contributed by atoms with E-state index in [-0.39, 0.29) is 6.03 Å². The smallest absolute Gasteiger partial charge is 0.351 e. The number of halogens is 3. The molecule has 1 unspecified atom stereocenters. The van der Waals surface area contributed by atoms with Gasteiger partial charge in [-0.1, -0.05) is 40.9 Å². The van der Waals surface area contributed by atoms with E-state index in [1.165, 1.54) is 11.0 Å². The minimum atomic E-state index is -1.11. The van der Waals surface area contributed by atoms with Gasteiger partial charge in [-0.3, -0.25) is 10.2 Å². The molecule has 1 heterocycles. The third-order valence-electron chi connectivity index (χ3n) is 5.53. The van der Waals surface area contributed by atoms with Gasteiger partial charge in [-0.25, -0.2) is 9.59 Å². The molecule has 2 N–H and O–H groups in total. The molecule has 1 fully saturated rings. The summed E-state index contributed by atoms with van der Waals surface area (Å²) in [6.07, 6.45) is -0.779.